The van der Waals surface area contributed by atoms with Crippen LogP contribution < -0.4 is 0 Å². The zero-order valence-electron chi connectivity index (χ0n) is 23.5. The van der Waals surface area contributed by atoms with E-state index in [2.05, 4.69) is 38.2 Å². The van der Waals surface area contributed by atoms with Crippen LogP contribution in [0, 0.1) is 0 Å². The summed E-state index contributed by atoms with van der Waals surface area (Å²) in [5, 5.41) is 0. The molecule has 0 aromatic rings. The molecule has 2 saturated heterocycles. The summed E-state index contributed by atoms with van der Waals surface area (Å²) < 4.78 is 19.7. The Morgan fingerprint density at radius 3 is 1.37 bits per heavy atom. The van der Waals surface area contributed by atoms with Crippen LogP contribution >= 0.6 is 0 Å². The summed E-state index contributed by atoms with van der Waals surface area (Å²) in [6.07, 6.45) is 36.2. The summed E-state index contributed by atoms with van der Waals surface area (Å²) in [7, 11) is 0. The van der Waals surface area contributed by atoms with E-state index in [9.17, 15) is 0 Å². The van der Waals surface area contributed by atoms with Gasteiger partial charge in [-0.3, -0.25) is 0 Å². The lowest BCUT2D eigenvalue weighted by Gasteiger charge is -2.46. The number of rotatable bonds is 20. The van der Waals surface area contributed by atoms with E-state index in [1.807, 2.05) is 0 Å². The fraction of sp³-hybridized carbons (Fsp3) is 0.875. The van der Waals surface area contributed by atoms with Gasteiger partial charge in [0, 0.05) is 25.7 Å². The van der Waals surface area contributed by atoms with E-state index in [-0.39, 0.29) is 0 Å². The molecule has 2 fully saturated rings. The molecule has 0 amide bonds. The van der Waals surface area contributed by atoms with E-state index >= 15 is 0 Å². The van der Waals surface area contributed by atoms with E-state index < -0.39 is 11.6 Å². The lowest BCUT2D eigenvalue weighted by molar-refractivity contribution is -0.374. The van der Waals surface area contributed by atoms with Crippen molar-refractivity contribution < 1.29 is 14.2 Å². The number of hydrogen-bond donors (Lipinski definition) is 0. The van der Waals surface area contributed by atoms with Crippen LogP contribution in [0.2, 0.25) is 0 Å². The molecule has 0 radical (unpaired) electrons. The molecule has 2 heterocycles. The van der Waals surface area contributed by atoms with E-state index in [4.69, 9.17) is 14.2 Å². The molecule has 3 nitrogen and oxygen atoms in total. The number of allylic oxidation sites excluding steroid dienone is 2. The first-order chi connectivity index (χ1) is 17.2. The molecule has 2 atom stereocenters. The smallest absolute Gasteiger partial charge is 0.175 e. The maximum absolute atomic E-state index is 6.90. The van der Waals surface area contributed by atoms with Crippen molar-refractivity contribution in [2.75, 3.05) is 13.2 Å². The minimum atomic E-state index is -0.514. The molecule has 0 spiro atoms. The Bertz CT molecular complexity index is 493. The van der Waals surface area contributed by atoms with E-state index in [1.54, 1.807) is 0 Å². The SMILES string of the molecule is CCCCCCCCC=CCC1(OC2(CC=CCCCCCCCC)CCCCO2)CCCCO1. The van der Waals surface area contributed by atoms with Gasteiger partial charge in [-0.15, -0.1) is 0 Å². The van der Waals surface area contributed by atoms with Crippen LogP contribution in [0.25, 0.3) is 0 Å². The van der Waals surface area contributed by atoms with Gasteiger partial charge >= 0.3 is 0 Å². The van der Waals surface area contributed by atoms with Crippen LogP contribution in [0.3, 0.4) is 0 Å². The summed E-state index contributed by atoms with van der Waals surface area (Å²) >= 11 is 0. The Morgan fingerprint density at radius 1 is 0.543 bits per heavy atom. The Hall–Kier alpha value is -0.640. The third-order valence-electron chi connectivity index (χ3n) is 7.65. The minimum Gasteiger partial charge on any atom is -0.349 e. The third-order valence-corrected chi connectivity index (χ3v) is 7.65. The summed E-state index contributed by atoms with van der Waals surface area (Å²) in [6, 6.07) is 0. The molecular formula is C32H58O3. The van der Waals surface area contributed by atoms with E-state index in [0.717, 1.165) is 51.7 Å². The zero-order chi connectivity index (χ0) is 24.9. The Kier molecular flexibility index (Phi) is 17.0. The van der Waals surface area contributed by atoms with Crippen molar-refractivity contribution in [2.45, 2.75) is 167 Å². The first kappa shape index (κ1) is 30.6. The molecule has 3 heteroatoms. The second-order valence-electron chi connectivity index (χ2n) is 11.0. The number of unbranched alkanes of at least 4 members (excludes halogenated alkanes) is 12. The van der Waals surface area contributed by atoms with Gasteiger partial charge in [-0.2, -0.15) is 0 Å². The standard InChI is InChI=1S/C32H58O3/c1-3-5-7-9-11-13-15-17-19-25-31(27-21-23-29-33-31)35-32(28-22-24-30-34-32)26-20-18-16-14-12-10-8-6-4-2/h17-20H,3-16,21-30H2,1-2H3. The predicted octanol–water partition coefficient (Wildman–Crippen LogP) is 10.2. The van der Waals surface area contributed by atoms with Crippen molar-refractivity contribution in [3.63, 3.8) is 0 Å². The third kappa shape index (κ3) is 13.5. The fourth-order valence-electron chi connectivity index (χ4n) is 5.41. The van der Waals surface area contributed by atoms with Gasteiger partial charge in [0.2, 0.25) is 0 Å². The summed E-state index contributed by atoms with van der Waals surface area (Å²) in [6.45, 7) is 6.16. The van der Waals surface area contributed by atoms with Gasteiger partial charge in [-0.1, -0.05) is 102 Å². The lowest BCUT2D eigenvalue weighted by Crippen LogP contribution is -2.50. The second-order valence-corrected chi connectivity index (χ2v) is 11.0. The lowest BCUT2D eigenvalue weighted by atomic mass is 9.97. The fourth-order valence-corrected chi connectivity index (χ4v) is 5.41. The Labute approximate surface area is 218 Å². The summed E-state index contributed by atoms with van der Waals surface area (Å²) in [5.74, 6) is -1.03. The predicted molar refractivity (Wildman–Crippen MR) is 150 cm³/mol. The molecule has 2 aliphatic rings. The molecule has 2 aliphatic heterocycles. The maximum Gasteiger partial charge on any atom is 0.175 e. The van der Waals surface area contributed by atoms with Crippen molar-refractivity contribution in [1.29, 1.82) is 0 Å². The topological polar surface area (TPSA) is 27.7 Å². The molecule has 2 unspecified atom stereocenters. The van der Waals surface area contributed by atoms with Gasteiger partial charge in [-0.25, -0.2) is 0 Å². The van der Waals surface area contributed by atoms with Crippen molar-refractivity contribution in [2.24, 2.45) is 0 Å². The average Bonchev–Trinajstić information content (AvgIpc) is 2.88. The van der Waals surface area contributed by atoms with E-state index in [0.29, 0.717) is 0 Å². The molecule has 0 saturated carbocycles. The van der Waals surface area contributed by atoms with Crippen LogP contribution in [0.15, 0.2) is 24.3 Å². The molecule has 0 aromatic carbocycles. The first-order valence-corrected chi connectivity index (χ1v) is 15.5. The molecule has 204 valence electrons. The van der Waals surface area contributed by atoms with Crippen molar-refractivity contribution in [3.05, 3.63) is 24.3 Å². The molecule has 0 aromatic heterocycles. The Balaban J connectivity index is 1.82. The van der Waals surface area contributed by atoms with Gasteiger partial charge in [0.05, 0.1) is 13.2 Å². The van der Waals surface area contributed by atoms with Crippen LogP contribution in [0.1, 0.15) is 155 Å². The van der Waals surface area contributed by atoms with E-state index in [1.165, 1.54) is 103 Å². The van der Waals surface area contributed by atoms with Crippen molar-refractivity contribution in [3.8, 4) is 0 Å². The van der Waals surface area contributed by atoms with Gasteiger partial charge in [0.15, 0.2) is 11.6 Å². The van der Waals surface area contributed by atoms with Crippen molar-refractivity contribution in [1.82, 2.24) is 0 Å². The highest BCUT2D eigenvalue weighted by Crippen LogP contribution is 2.40. The van der Waals surface area contributed by atoms with Crippen LogP contribution in [0.5, 0.6) is 0 Å². The molecule has 35 heavy (non-hydrogen) atoms. The van der Waals surface area contributed by atoms with Gasteiger partial charge in [0.1, 0.15) is 0 Å². The van der Waals surface area contributed by atoms with Crippen LogP contribution in [0.4, 0.5) is 0 Å². The maximum atomic E-state index is 6.90. The summed E-state index contributed by atoms with van der Waals surface area (Å²) in [4.78, 5) is 0. The number of hydrogen-bond acceptors (Lipinski definition) is 3. The zero-order valence-corrected chi connectivity index (χ0v) is 23.5. The normalized spacial score (nSPS) is 25.7. The Morgan fingerprint density at radius 2 is 0.971 bits per heavy atom. The highest BCUT2D eigenvalue weighted by Gasteiger charge is 2.44. The van der Waals surface area contributed by atoms with Crippen LogP contribution in [-0.2, 0) is 14.2 Å². The molecule has 0 bridgehead atoms. The minimum absolute atomic E-state index is 0.514. The van der Waals surface area contributed by atoms with Gasteiger partial charge in [-0.05, 0) is 51.4 Å². The highest BCUT2D eigenvalue weighted by molar-refractivity contribution is 4.94. The second kappa shape index (κ2) is 19.5. The first-order valence-electron chi connectivity index (χ1n) is 15.5. The molecule has 0 N–H and O–H groups in total. The quantitative estimate of drug-likeness (QED) is 0.125. The van der Waals surface area contributed by atoms with Gasteiger partial charge in [0.25, 0.3) is 0 Å². The van der Waals surface area contributed by atoms with Crippen molar-refractivity contribution >= 4 is 0 Å². The largest absolute Gasteiger partial charge is 0.349 e. The molecular weight excluding hydrogens is 432 g/mol. The van der Waals surface area contributed by atoms with Gasteiger partial charge < -0.3 is 14.2 Å². The molecule has 0 aliphatic carbocycles. The monoisotopic (exact) mass is 490 g/mol. The average molecular weight is 491 g/mol. The number of ether oxygens (including phenoxy) is 3. The highest BCUT2D eigenvalue weighted by atomic mass is 16.8. The van der Waals surface area contributed by atoms with Crippen LogP contribution in [-0.4, -0.2) is 24.8 Å². The molecule has 2 rings (SSSR count). The summed E-state index contributed by atoms with van der Waals surface area (Å²) in [5.41, 5.74) is 0.